The van der Waals surface area contributed by atoms with Gasteiger partial charge in [-0.1, -0.05) is 200 Å². The van der Waals surface area contributed by atoms with Gasteiger partial charge in [-0.3, -0.25) is 0 Å². The second kappa shape index (κ2) is 16.2. The second-order valence-corrected chi connectivity index (χ2v) is 20.8. The third kappa shape index (κ3) is 6.26. The van der Waals surface area contributed by atoms with E-state index in [1.54, 1.807) is 11.3 Å². The van der Waals surface area contributed by atoms with Crippen molar-refractivity contribution >= 4 is 53.4 Å². The van der Waals surface area contributed by atoms with E-state index in [2.05, 4.69) is 231 Å². The van der Waals surface area contributed by atoms with Gasteiger partial charge < -0.3 is 4.42 Å². The average molecular weight is 972 g/mol. The Morgan fingerprint density at radius 3 is 1.60 bits per heavy atom. The molecule has 348 valence electrons. The Kier molecular flexibility index (Phi) is 9.09. The molecule has 75 heavy (non-hydrogen) atoms. The van der Waals surface area contributed by atoms with Crippen LogP contribution in [-0.4, -0.2) is 15.0 Å². The Morgan fingerprint density at radius 2 is 0.800 bits per heavy atom. The SMILES string of the molecule is c1ccc(-c2cccc(-c3nc(-c4ccc5sc6ccccc6c5c4)nc(-c4cccc5oc6ccc(-c7ccc(-c8cccc9c8-c8ccccc8C98c9ccccc9-c9ccccc98)cc7)cc6c45)n3)c2)cc1. The van der Waals surface area contributed by atoms with Crippen LogP contribution < -0.4 is 0 Å². The van der Waals surface area contributed by atoms with Crippen LogP contribution in [0.25, 0.3) is 132 Å². The third-order valence-corrected chi connectivity index (χ3v) is 16.9. The molecule has 3 aromatic heterocycles. The van der Waals surface area contributed by atoms with Gasteiger partial charge in [-0.05, 0) is 126 Å². The van der Waals surface area contributed by atoms with E-state index in [9.17, 15) is 0 Å². The van der Waals surface area contributed by atoms with Crippen LogP contribution in [0.3, 0.4) is 0 Å². The Labute approximate surface area is 436 Å². The Balaban J connectivity index is 0.820. The number of nitrogens with zero attached hydrogens (tertiary/aromatic N) is 3. The fourth-order valence-corrected chi connectivity index (χ4v) is 13.6. The zero-order chi connectivity index (χ0) is 49.2. The molecule has 0 saturated heterocycles. The Hall–Kier alpha value is -9.55. The van der Waals surface area contributed by atoms with Crippen molar-refractivity contribution in [3.8, 4) is 89.8 Å². The molecule has 0 unspecified atom stereocenters. The Morgan fingerprint density at radius 1 is 0.293 bits per heavy atom. The molecule has 0 radical (unpaired) electrons. The summed E-state index contributed by atoms with van der Waals surface area (Å²) in [5.74, 6) is 1.81. The van der Waals surface area contributed by atoms with Crippen LogP contribution in [0.2, 0.25) is 0 Å². The fraction of sp³-hybridized carbons (Fsp3) is 0.0143. The van der Waals surface area contributed by atoms with Gasteiger partial charge in [0.05, 0.1) is 5.41 Å². The summed E-state index contributed by atoms with van der Waals surface area (Å²) in [6, 6.07) is 89.8. The molecule has 3 heterocycles. The third-order valence-electron chi connectivity index (χ3n) is 15.8. The summed E-state index contributed by atoms with van der Waals surface area (Å²) in [6.07, 6.45) is 0. The van der Waals surface area contributed by atoms with Crippen molar-refractivity contribution in [2.24, 2.45) is 0 Å². The molecule has 16 rings (SSSR count). The number of benzene rings is 11. The van der Waals surface area contributed by atoms with Crippen molar-refractivity contribution in [2.45, 2.75) is 5.41 Å². The topological polar surface area (TPSA) is 51.8 Å². The molecule has 0 bridgehead atoms. The van der Waals surface area contributed by atoms with Gasteiger partial charge >= 0.3 is 0 Å². The van der Waals surface area contributed by atoms with E-state index in [-0.39, 0.29) is 5.41 Å². The summed E-state index contributed by atoms with van der Waals surface area (Å²) in [4.78, 5) is 15.9. The van der Waals surface area contributed by atoms with Crippen LogP contribution in [0.5, 0.6) is 0 Å². The molecule has 0 N–H and O–H groups in total. The molecule has 14 aromatic rings. The summed E-state index contributed by atoms with van der Waals surface area (Å²) in [5, 5.41) is 4.39. The maximum Gasteiger partial charge on any atom is 0.164 e. The molecular formula is C70H41N3OS. The number of hydrogen-bond acceptors (Lipinski definition) is 5. The monoisotopic (exact) mass is 971 g/mol. The lowest BCUT2D eigenvalue weighted by Crippen LogP contribution is -2.25. The van der Waals surface area contributed by atoms with Gasteiger partial charge in [0.2, 0.25) is 0 Å². The lowest BCUT2D eigenvalue weighted by atomic mass is 9.70. The number of hydrogen-bond donors (Lipinski definition) is 0. The number of rotatable bonds is 6. The molecule has 5 heteroatoms. The molecule has 0 atom stereocenters. The normalized spacial score (nSPS) is 12.9. The van der Waals surface area contributed by atoms with E-state index in [1.807, 2.05) is 18.2 Å². The molecule has 1 spiro atoms. The van der Waals surface area contributed by atoms with Crippen LogP contribution in [0.1, 0.15) is 22.3 Å². The zero-order valence-electron chi connectivity index (χ0n) is 40.3. The van der Waals surface area contributed by atoms with Crippen LogP contribution in [0, 0.1) is 0 Å². The van der Waals surface area contributed by atoms with Crippen molar-refractivity contribution in [1.82, 2.24) is 15.0 Å². The quantitative estimate of drug-likeness (QED) is 0.167. The number of furan rings is 1. The first kappa shape index (κ1) is 42.0. The maximum atomic E-state index is 6.64. The Bertz CT molecular complexity index is 4620. The van der Waals surface area contributed by atoms with Crippen molar-refractivity contribution in [2.75, 3.05) is 0 Å². The zero-order valence-corrected chi connectivity index (χ0v) is 41.1. The summed E-state index contributed by atoms with van der Waals surface area (Å²) >= 11 is 1.81. The predicted octanol–water partition coefficient (Wildman–Crippen LogP) is 18.5. The first-order valence-corrected chi connectivity index (χ1v) is 26.3. The minimum atomic E-state index is -0.387. The standard InChI is InChI=1S/C70H41N3OS/c1-2-15-42(16-3-1)45-17-12-18-47(39-45)67-71-68(48-36-38-64-55(41-48)52-21-7-11-30-63(52)75-64)73-69(72-67)54-24-14-29-62-66(54)56-40-46(35-37-61(56)74-62)43-31-33-44(34-32-43)49-23-13-28-60-65(49)53-22-6-10-27-59(53)70(60)57-25-8-4-19-50(57)51-20-5-9-26-58(51)70/h1-41H. The highest BCUT2D eigenvalue weighted by Gasteiger charge is 2.52. The molecule has 0 saturated carbocycles. The van der Waals surface area contributed by atoms with E-state index < -0.39 is 0 Å². The smallest absolute Gasteiger partial charge is 0.164 e. The minimum absolute atomic E-state index is 0.387. The predicted molar refractivity (Wildman–Crippen MR) is 309 cm³/mol. The highest BCUT2D eigenvalue weighted by atomic mass is 32.1. The summed E-state index contributed by atoms with van der Waals surface area (Å²) in [6.45, 7) is 0. The molecular weight excluding hydrogens is 931 g/mol. The molecule has 0 amide bonds. The molecule has 0 aliphatic heterocycles. The summed E-state index contributed by atoms with van der Waals surface area (Å²) in [5.41, 5.74) is 21.4. The first-order chi connectivity index (χ1) is 37.2. The van der Waals surface area contributed by atoms with Gasteiger partial charge in [0.1, 0.15) is 11.2 Å². The lowest BCUT2D eigenvalue weighted by molar-refractivity contribution is 0.669. The van der Waals surface area contributed by atoms with E-state index in [4.69, 9.17) is 19.4 Å². The summed E-state index contributed by atoms with van der Waals surface area (Å²) in [7, 11) is 0. The number of thiophene rings is 1. The van der Waals surface area contributed by atoms with Crippen LogP contribution >= 0.6 is 11.3 Å². The molecule has 0 fully saturated rings. The van der Waals surface area contributed by atoms with Crippen LogP contribution in [0.4, 0.5) is 0 Å². The van der Waals surface area contributed by atoms with E-state index in [1.165, 1.54) is 75.8 Å². The van der Waals surface area contributed by atoms with Gasteiger partial charge in [0.25, 0.3) is 0 Å². The highest BCUT2D eigenvalue weighted by molar-refractivity contribution is 7.25. The first-order valence-electron chi connectivity index (χ1n) is 25.5. The largest absolute Gasteiger partial charge is 0.456 e. The van der Waals surface area contributed by atoms with Crippen molar-refractivity contribution in [1.29, 1.82) is 0 Å². The van der Waals surface area contributed by atoms with Gasteiger partial charge in [-0.15, -0.1) is 11.3 Å². The minimum Gasteiger partial charge on any atom is -0.456 e. The van der Waals surface area contributed by atoms with Crippen molar-refractivity contribution < 1.29 is 4.42 Å². The van der Waals surface area contributed by atoms with Gasteiger partial charge in [-0.2, -0.15) is 0 Å². The molecule has 2 aliphatic rings. The number of fused-ring (bicyclic) bond motifs is 16. The highest BCUT2D eigenvalue weighted by Crippen LogP contribution is 2.64. The molecule has 11 aromatic carbocycles. The van der Waals surface area contributed by atoms with Crippen LogP contribution in [-0.2, 0) is 5.41 Å². The van der Waals surface area contributed by atoms with Crippen molar-refractivity contribution in [3.05, 3.63) is 271 Å². The van der Waals surface area contributed by atoms with E-state index in [0.717, 1.165) is 60.9 Å². The van der Waals surface area contributed by atoms with E-state index in [0.29, 0.717) is 17.5 Å². The second-order valence-electron chi connectivity index (χ2n) is 19.7. The average Bonchev–Trinajstić information content (AvgIpc) is 4.40. The lowest BCUT2D eigenvalue weighted by Gasteiger charge is -2.30. The summed E-state index contributed by atoms with van der Waals surface area (Å²) < 4.78 is 9.13. The van der Waals surface area contributed by atoms with Gasteiger partial charge in [0.15, 0.2) is 17.5 Å². The fourth-order valence-electron chi connectivity index (χ4n) is 12.5. The molecule has 2 aliphatic carbocycles. The van der Waals surface area contributed by atoms with Gasteiger partial charge in [-0.25, -0.2) is 15.0 Å². The maximum absolute atomic E-state index is 6.64. The van der Waals surface area contributed by atoms with Gasteiger partial charge in [0, 0.05) is 47.6 Å². The van der Waals surface area contributed by atoms with E-state index >= 15 is 0 Å². The molecule has 4 nitrogen and oxygen atoms in total. The van der Waals surface area contributed by atoms with Crippen LogP contribution in [0.15, 0.2) is 253 Å². The number of aromatic nitrogens is 3. The van der Waals surface area contributed by atoms with Crippen molar-refractivity contribution in [3.63, 3.8) is 0 Å².